The number of hydrogen-bond donors (Lipinski definition) is 0. The maximum Gasteiger partial charge on any atom is 0.132 e. The van der Waals surface area contributed by atoms with Crippen molar-refractivity contribution in [1.29, 1.82) is 0 Å². The number of aryl methyl sites for hydroxylation is 2. The van der Waals surface area contributed by atoms with Gasteiger partial charge in [0, 0.05) is 12.8 Å². The first kappa shape index (κ1) is 12.0. The van der Waals surface area contributed by atoms with Crippen LogP contribution in [-0.2, 0) is 11.2 Å². The summed E-state index contributed by atoms with van der Waals surface area (Å²) < 4.78 is 0. The molecule has 1 nitrogen and oxygen atoms in total. The summed E-state index contributed by atoms with van der Waals surface area (Å²) in [6.45, 7) is 4.05. The Hall–Kier alpha value is -1.11. The molecule has 0 heterocycles. The maximum absolute atomic E-state index is 11.1. The first-order valence-corrected chi connectivity index (χ1v) is 5.79. The van der Waals surface area contributed by atoms with Crippen LogP contribution in [-0.4, -0.2) is 5.78 Å². The van der Waals surface area contributed by atoms with E-state index >= 15 is 0 Å². The van der Waals surface area contributed by atoms with Crippen LogP contribution in [0.15, 0.2) is 24.3 Å². The van der Waals surface area contributed by atoms with Crippen LogP contribution >= 0.6 is 0 Å². The Balaban J connectivity index is 2.23. The molecule has 0 bridgehead atoms. The number of benzene rings is 1. The maximum atomic E-state index is 11.1. The monoisotopic (exact) mass is 204 g/mol. The molecule has 1 heteroatoms. The van der Waals surface area contributed by atoms with Gasteiger partial charge in [0.15, 0.2) is 0 Å². The molecular weight excluding hydrogens is 184 g/mol. The van der Waals surface area contributed by atoms with E-state index in [9.17, 15) is 4.79 Å². The zero-order valence-corrected chi connectivity index (χ0v) is 9.75. The first-order chi connectivity index (χ1) is 7.22. The van der Waals surface area contributed by atoms with Crippen LogP contribution < -0.4 is 0 Å². The molecule has 1 aromatic rings. The summed E-state index contributed by atoms with van der Waals surface area (Å²) >= 11 is 0. The molecule has 1 aromatic carbocycles. The van der Waals surface area contributed by atoms with Crippen LogP contribution in [0.1, 0.15) is 43.7 Å². The first-order valence-electron chi connectivity index (χ1n) is 5.79. The molecular formula is C14H20O. The topological polar surface area (TPSA) is 17.1 Å². The van der Waals surface area contributed by atoms with Gasteiger partial charge in [-0.2, -0.15) is 0 Å². The van der Waals surface area contributed by atoms with Crippen LogP contribution in [0.25, 0.3) is 0 Å². The molecule has 0 fully saturated rings. The van der Waals surface area contributed by atoms with E-state index < -0.39 is 0 Å². The lowest BCUT2D eigenvalue weighted by Gasteiger charge is -2.02. The molecule has 0 aromatic heterocycles. The van der Waals surface area contributed by atoms with E-state index in [1.54, 1.807) is 0 Å². The second kappa shape index (κ2) is 6.39. The fourth-order valence-electron chi connectivity index (χ4n) is 1.70. The van der Waals surface area contributed by atoms with E-state index in [2.05, 4.69) is 31.2 Å². The Morgan fingerprint density at radius 3 is 2.73 bits per heavy atom. The van der Waals surface area contributed by atoms with Crippen molar-refractivity contribution in [2.24, 2.45) is 0 Å². The van der Waals surface area contributed by atoms with Crippen molar-refractivity contribution < 1.29 is 4.79 Å². The second-order valence-corrected chi connectivity index (χ2v) is 4.09. The highest BCUT2D eigenvalue weighted by Gasteiger charge is 1.98. The van der Waals surface area contributed by atoms with Crippen molar-refractivity contribution in [2.75, 3.05) is 0 Å². The van der Waals surface area contributed by atoms with E-state index in [0.717, 1.165) is 25.7 Å². The minimum absolute atomic E-state index is 0.388. The van der Waals surface area contributed by atoms with E-state index in [4.69, 9.17) is 0 Å². The molecule has 0 aliphatic heterocycles. The quantitative estimate of drug-likeness (QED) is 0.646. The van der Waals surface area contributed by atoms with E-state index in [0.29, 0.717) is 12.2 Å². The van der Waals surface area contributed by atoms with Crippen LogP contribution in [0.3, 0.4) is 0 Å². The lowest BCUT2D eigenvalue weighted by Crippen LogP contribution is -1.95. The third kappa shape index (κ3) is 4.78. The highest BCUT2D eigenvalue weighted by Crippen LogP contribution is 2.09. The number of Topliss-reactive ketones (excluding diaryl/α,β-unsaturated/α-hetero) is 1. The van der Waals surface area contributed by atoms with Gasteiger partial charge >= 0.3 is 0 Å². The van der Waals surface area contributed by atoms with Crippen molar-refractivity contribution in [1.82, 2.24) is 0 Å². The average Bonchev–Trinajstić information content (AvgIpc) is 2.24. The SMILES string of the molecule is CCC(=O)CCCCc1cccc(C)c1. The minimum Gasteiger partial charge on any atom is -0.300 e. The smallest absolute Gasteiger partial charge is 0.132 e. The van der Waals surface area contributed by atoms with Gasteiger partial charge in [-0.25, -0.2) is 0 Å². The number of carbonyl (C=O) groups excluding carboxylic acids is 1. The van der Waals surface area contributed by atoms with Crippen molar-refractivity contribution in [2.45, 2.75) is 46.0 Å². The Morgan fingerprint density at radius 2 is 2.07 bits per heavy atom. The number of rotatable bonds is 6. The second-order valence-electron chi connectivity index (χ2n) is 4.09. The van der Waals surface area contributed by atoms with Gasteiger partial charge < -0.3 is 0 Å². The largest absolute Gasteiger partial charge is 0.300 e. The molecule has 0 unspecified atom stereocenters. The standard InChI is InChI=1S/C14H20O/c1-3-14(15)10-5-4-8-13-9-6-7-12(2)11-13/h6-7,9,11H,3-5,8,10H2,1-2H3. The number of carbonyl (C=O) groups is 1. The van der Waals surface area contributed by atoms with Crippen LogP contribution in [0.5, 0.6) is 0 Å². The normalized spacial score (nSPS) is 10.3. The van der Waals surface area contributed by atoms with Crippen molar-refractivity contribution in [3.8, 4) is 0 Å². The summed E-state index contributed by atoms with van der Waals surface area (Å²) in [6, 6.07) is 8.60. The van der Waals surface area contributed by atoms with Gasteiger partial charge in [0.05, 0.1) is 0 Å². The van der Waals surface area contributed by atoms with Gasteiger partial charge in [-0.15, -0.1) is 0 Å². The molecule has 0 amide bonds. The zero-order chi connectivity index (χ0) is 11.1. The molecule has 0 spiro atoms. The van der Waals surface area contributed by atoms with Gasteiger partial charge in [0.25, 0.3) is 0 Å². The third-order valence-electron chi connectivity index (χ3n) is 2.65. The van der Waals surface area contributed by atoms with E-state index in [1.165, 1.54) is 11.1 Å². The van der Waals surface area contributed by atoms with Gasteiger partial charge in [-0.3, -0.25) is 4.79 Å². The third-order valence-corrected chi connectivity index (χ3v) is 2.65. The molecule has 15 heavy (non-hydrogen) atoms. The highest BCUT2D eigenvalue weighted by atomic mass is 16.1. The van der Waals surface area contributed by atoms with Crippen molar-refractivity contribution in [3.05, 3.63) is 35.4 Å². The average molecular weight is 204 g/mol. The lowest BCUT2D eigenvalue weighted by molar-refractivity contribution is -0.118. The molecule has 0 N–H and O–H groups in total. The lowest BCUT2D eigenvalue weighted by atomic mass is 10.0. The minimum atomic E-state index is 0.388. The molecule has 0 atom stereocenters. The van der Waals surface area contributed by atoms with E-state index in [1.807, 2.05) is 6.92 Å². The molecule has 0 aliphatic rings. The molecule has 0 radical (unpaired) electrons. The fraction of sp³-hybridized carbons (Fsp3) is 0.500. The molecule has 1 rings (SSSR count). The van der Waals surface area contributed by atoms with Crippen LogP contribution in [0.4, 0.5) is 0 Å². The van der Waals surface area contributed by atoms with Crippen LogP contribution in [0, 0.1) is 6.92 Å². The zero-order valence-electron chi connectivity index (χ0n) is 9.75. The van der Waals surface area contributed by atoms with Crippen LogP contribution in [0.2, 0.25) is 0 Å². The van der Waals surface area contributed by atoms with Gasteiger partial charge in [0.2, 0.25) is 0 Å². The Morgan fingerprint density at radius 1 is 1.27 bits per heavy atom. The fourth-order valence-corrected chi connectivity index (χ4v) is 1.70. The molecule has 0 saturated heterocycles. The van der Waals surface area contributed by atoms with Gasteiger partial charge in [-0.05, 0) is 31.7 Å². The predicted molar refractivity (Wildman–Crippen MR) is 64.0 cm³/mol. The summed E-state index contributed by atoms with van der Waals surface area (Å²) in [4.78, 5) is 11.1. The molecule has 82 valence electrons. The summed E-state index contributed by atoms with van der Waals surface area (Å²) in [5.74, 6) is 0.388. The molecule has 0 aliphatic carbocycles. The number of hydrogen-bond acceptors (Lipinski definition) is 1. The predicted octanol–water partition coefficient (Wildman–Crippen LogP) is 3.69. The van der Waals surface area contributed by atoms with Gasteiger partial charge in [0.1, 0.15) is 5.78 Å². The highest BCUT2D eigenvalue weighted by molar-refractivity contribution is 5.77. The summed E-state index contributed by atoms with van der Waals surface area (Å²) in [5.41, 5.74) is 2.70. The Labute approximate surface area is 92.5 Å². The Kier molecular flexibility index (Phi) is 5.09. The summed E-state index contributed by atoms with van der Waals surface area (Å²) in [6.07, 6.45) is 4.68. The van der Waals surface area contributed by atoms with Crippen molar-refractivity contribution in [3.63, 3.8) is 0 Å². The summed E-state index contributed by atoms with van der Waals surface area (Å²) in [7, 11) is 0. The number of unbranched alkanes of at least 4 members (excludes halogenated alkanes) is 1. The Bertz CT molecular complexity index is 315. The summed E-state index contributed by atoms with van der Waals surface area (Å²) in [5, 5.41) is 0. The van der Waals surface area contributed by atoms with Gasteiger partial charge in [-0.1, -0.05) is 36.8 Å². The molecule has 0 saturated carbocycles. The van der Waals surface area contributed by atoms with Crippen molar-refractivity contribution >= 4 is 5.78 Å². The van der Waals surface area contributed by atoms with E-state index in [-0.39, 0.29) is 0 Å². The number of ketones is 1.